The zero-order chi connectivity index (χ0) is 20.8. The van der Waals surface area contributed by atoms with Gasteiger partial charge in [0.1, 0.15) is 18.1 Å². The van der Waals surface area contributed by atoms with Crippen molar-refractivity contribution in [3.8, 4) is 5.75 Å². The Kier molecular flexibility index (Phi) is 5.61. The minimum atomic E-state index is -0.381. The van der Waals surface area contributed by atoms with Crippen molar-refractivity contribution >= 4 is 23.2 Å². The van der Waals surface area contributed by atoms with Crippen LogP contribution in [0.4, 0.5) is 11.4 Å². The molecule has 0 aliphatic carbocycles. The smallest absolute Gasteiger partial charge is 0.291 e. The topological polar surface area (TPSA) is 93.7 Å². The molecule has 0 spiro atoms. The number of nitrogens with one attached hydrogen (secondary N) is 2. The van der Waals surface area contributed by atoms with Crippen molar-refractivity contribution in [2.45, 2.75) is 6.61 Å². The summed E-state index contributed by atoms with van der Waals surface area (Å²) < 4.78 is 16.2. The number of ether oxygens (including phenoxy) is 1. The summed E-state index contributed by atoms with van der Waals surface area (Å²) in [5.74, 6) is 0.930. The van der Waals surface area contributed by atoms with E-state index in [0.29, 0.717) is 17.1 Å². The average Bonchev–Trinajstić information content (AvgIpc) is 3.47. The first-order valence-corrected chi connectivity index (χ1v) is 9.20. The van der Waals surface area contributed by atoms with E-state index in [2.05, 4.69) is 10.6 Å². The van der Waals surface area contributed by atoms with Crippen molar-refractivity contribution in [1.82, 2.24) is 0 Å². The Morgan fingerprint density at radius 1 is 0.733 bits per heavy atom. The lowest BCUT2D eigenvalue weighted by atomic mass is 10.2. The Bertz CT molecular complexity index is 1120. The second-order valence-corrected chi connectivity index (χ2v) is 6.33. The Morgan fingerprint density at radius 3 is 2.03 bits per heavy atom. The summed E-state index contributed by atoms with van der Waals surface area (Å²) in [5.41, 5.74) is 1.14. The van der Waals surface area contributed by atoms with Crippen molar-refractivity contribution in [3.05, 3.63) is 102 Å². The largest absolute Gasteiger partial charge is 0.486 e. The molecule has 0 saturated heterocycles. The van der Waals surface area contributed by atoms with E-state index in [-0.39, 0.29) is 29.9 Å². The van der Waals surface area contributed by atoms with Crippen LogP contribution in [0.25, 0.3) is 0 Å². The van der Waals surface area contributed by atoms with Crippen molar-refractivity contribution in [2.75, 3.05) is 10.6 Å². The lowest BCUT2D eigenvalue weighted by Crippen LogP contribution is -2.12. The number of hydrogen-bond acceptors (Lipinski definition) is 5. The van der Waals surface area contributed by atoms with Crippen LogP contribution in [0.2, 0.25) is 0 Å². The molecule has 4 rings (SSSR count). The summed E-state index contributed by atoms with van der Waals surface area (Å²) >= 11 is 0. The Balaban J connectivity index is 1.31. The first kappa shape index (κ1) is 19.1. The number of rotatable bonds is 7. The molecule has 0 atom stereocenters. The van der Waals surface area contributed by atoms with Crippen molar-refractivity contribution < 1.29 is 23.2 Å². The van der Waals surface area contributed by atoms with Crippen LogP contribution in [0.15, 0.2) is 94.0 Å². The van der Waals surface area contributed by atoms with Gasteiger partial charge in [0, 0.05) is 11.4 Å². The van der Waals surface area contributed by atoms with Crippen molar-refractivity contribution in [3.63, 3.8) is 0 Å². The predicted molar refractivity (Wildman–Crippen MR) is 111 cm³/mol. The molecule has 4 aromatic rings. The molecule has 0 saturated carbocycles. The molecule has 150 valence electrons. The number of carbonyl (C=O) groups excluding carboxylic acids is 2. The summed E-state index contributed by atoms with van der Waals surface area (Å²) in [6.45, 7) is 0.224. The van der Waals surface area contributed by atoms with Crippen LogP contribution in [0.5, 0.6) is 5.75 Å². The molecular formula is C23H18N2O5. The summed E-state index contributed by atoms with van der Waals surface area (Å²) in [4.78, 5) is 24.4. The summed E-state index contributed by atoms with van der Waals surface area (Å²) in [7, 11) is 0. The molecule has 0 aliphatic rings. The third kappa shape index (κ3) is 4.77. The fraction of sp³-hybridized carbons (Fsp3) is 0.0435. The first-order chi connectivity index (χ1) is 14.7. The fourth-order valence-electron chi connectivity index (χ4n) is 2.68. The zero-order valence-corrected chi connectivity index (χ0v) is 15.8. The molecule has 7 heteroatoms. The molecule has 7 nitrogen and oxygen atoms in total. The molecule has 0 unspecified atom stereocenters. The van der Waals surface area contributed by atoms with Gasteiger partial charge in [-0.1, -0.05) is 18.2 Å². The molecule has 2 aromatic carbocycles. The molecule has 0 fully saturated rings. The molecule has 0 radical (unpaired) electrons. The number of para-hydroxylation sites is 1. The molecule has 0 bridgehead atoms. The summed E-state index contributed by atoms with van der Waals surface area (Å²) in [5, 5.41) is 5.46. The highest BCUT2D eigenvalue weighted by Gasteiger charge is 2.13. The minimum Gasteiger partial charge on any atom is -0.486 e. The molecular weight excluding hydrogens is 384 g/mol. The van der Waals surface area contributed by atoms with Gasteiger partial charge in [-0.3, -0.25) is 9.59 Å². The van der Waals surface area contributed by atoms with Gasteiger partial charge in [0.15, 0.2) is 11.5 Å². The third-order valence-electron chi connectivity index (χ3n) is 4.16. The number of hydrogen-bond donors (Lipinski definition) is 2. The maximum Gasteiger partial charge on any atom is 0.291 e. The minimum absolute atomic E-state index is 0.178. The van der Waals surface area contributed by atoms with Gasteiger partial charge in [-0.2, -0.15) is 0 Å². The molecule has 30 heavy (non-hydrogen) atoms. The van der Waals surface area contributed by atoms with Gasteiger partial charge in [-0.05, 0) is 60.7 Å². The first-order valence-electron chi connectivity index (χ1n) is 9.20. The van der Waals surface area contributed by atoms with Gasteiger partial charge in [0.05, 0.1) is 6.26 Å². The van der Waals surface area contributed by atoms with E-state index in [1.165, 1.54) is 6.26 Å². The number of benzene rings is 2. The van der Waals surface area contributed by atoms with Gasteiger partial charge < -0.3 is 24.2 Å². The van der Waals surface area contributed by atoms with E-state index in [0.717, 1.165) is 5.75 Å². The number of anilines is 2. The summed E-state index contributed by atoms with van der Waals surface area (Å²) in [6, 6.07) is 22.6. The molecule has 0 aliphatic heterocycles. The zero-order valence-electron chi connectivity index (χ0n) is 15.8. The second-order valence-electron chi connectivity index (χ2n) is 6.33. The normalized spacial score (nSPS) is 10.4. The van der Waals surface area contributed by atoms with Crippen molar-refractivity contribution in [2.24, 2.45) is 0 Å². The van der Waals surface area contributed by atoms with Crippen LogP contribution in [0, 0.1) is 0 Å². The van der Waals surface area contributed by atoms with E-state index in [9.17, 15) is 9.59 Å². The van der Waals surface area contributed by atoms with Crippen molar-refractivity contribution in [1.29, 1.82) is 0 Å². The van der Waals surface area contributed by atoms with E-state index < -0.39 is 0 Å². The summed E-state index contributed by atoms with van der Waals surface area (Å²) in [6.07, 6.45) is 1.43. The molecule has 2 heterocycles. The van der Waals surface area contributed by atoms with E-state index in [1.54, 1.807) is 48.5 Å². The maximum absolute atomic E-state index is 12.4. The van der Waals surface area contributed by atoms with Gasteiger partial charge >= 0.3 is 0 Å². The van der Waals surface area contributed by atoms with E-state index >= 15 is 0 Å². The molecule has 2 amide bonds. The van der Waals surface area contributed by atoms with Gasteiger partial charge in [0.25, 0.3) is 11.8 Å². The van der Waals surface area contributed by atoms with Crippen LogP contribution in [-0.4, -0.2) is 11.8 Å². The molecule has 2 aromatic heterocycles. The SMILES string of the molecule is O=C(Nc1ccc(NC(=O)c2ccc(COc3ccccc3)o2)cc1)c1ccco1. The maximum atomic E-state index is 12.4. The van der Waals surface area contributed by atoms with E-state index in [4.69, 9.17) is 13.6 Å². The fourth-order valence-corrected chi connectivity index (χ4v) is 2.68. The van der Waals surface area contributed by atoms with Gasteiger partial charge in [-0.15, -0.1) is 0 Å². The molecule has 2 N–H and O–H groups in total. The van der Waals surface area contributed by atoms with Crippen LogP contribution < -0.4 is 15.4 Å². The number of amides is 2. The lowest BCUT2D eigenvalue weighted by molar-refractivity contribution is 0.0986. The third-order valence-corrected chi connectivity index (χ3v) is 4.16. The monoisotopic (exact) mass is 402 g/mol. The van der Waals surface area contributed by atoms with Crippen LogP contribution in [0.3, 0.4) is 0 Å². The van der Waals surface area contributed by atoms with E-state index in [1.807, 2.05) is 30.3 Å². The highest BCUT2D eigenvalue weighted by Crippen LogP contribution is 2.18. The van der Waals surface area contributed by atoms with Gasteiger partial charge in [-0.25, -0.2) is 0 Å². The van der Waals surface area contributed by atoms with Crippen LogP contribution >= 0.6 is 0 Å². The second kappa shape index (κ2) is 8.83. The highest BCUT2D eigenvalue weighted by molar-refractivity contribution is 6.03. The average molecular weight is 402 g/mol. The Hall–Kier alpha value is -4.26. The van der Waals surface area contributed by atoms with Crippen LogP contribution in [-0.2, 0) is 6.61 Å². The Morgan fingerprint density at radius 2 is 1.40 bits per heavy atom. The quantitative estimate of drug-likeness (QED) is 0.456. The lowest BCUT2D eigenvalue weighted by Gasteiger charge is -2.06. The van der Waals surface area contributed by atoms with Gasteiger partial charge in [0.2, 0.25) is 0 Å². The predicted octanol–water partition coefficient (Wildman–Crippen LogP) is 4.96. The highest BCUT2D eigenvalue weighted by atomic mass is 16.5. The Labute approximate surface area is 172 Å². The number of carbonyl (C=O) groups is 2. The van der Waals surface area contributed by atoms with Crippen LogP contribution in [0.1, 0.15) is 26.9 Å². The standard InChI is InChI=1S/C23H18N2O5/c26-22(20-7-4-14-28-20)24-16-8-10-17(11-9-16)25-23(27)21-13-12-19(30-21)15-29-18-5-2-1-3-6-18/h1-14H,15H2,(H,24,26)(H,25,27). The number of furan rings is 2.